The van der Waals surface area contributed by atoms with Crippen molar-refractivity contribution in [3.05, 3.63) is 11.8 Å². The standard InChI is InChI=1S/C10H17NO4/c1-7(2)10(13)15-5-4-14-9(12)6-8(3)11/h6-7H,4-5,11H2,1-3H3/b8-6-. The van der Waals surface area contributed by atoms with Crippen LogP contribution in [-0.4, -0.2) is 25.2 Å². The van der Waals surface area contributed by atoms with Crippen LogP contribution in [0.2, 0.25) is 0 Å². The molecule has 0 aromatic carbocycles. The van der Waals surface area contributed by atoms with E-state index in [-0.39, 0.29) is 25.1 Å². The Labute approximate surface area is 89.2 Å². The van der Waals surface area contributed by atoms with Crippen molar-refractivity contribution in [3.8, 4) is 0 Å². The lowest BCUT2D eigenvalue weighted by molar-refractivity contribution is -0.152. The van der Waals surface area contributed by atoms with Gasteiger partial charge in [0.05, 0.1) is 5.92 Å². The van der Waals surface area contributed by atoms with Crippen LogP contribution in [0, 0.1) is 5.92 Å². The van der Waals surface area contributed by atoms with Crippen molar-refractivity contribution in [2.45, 2.75) is 20.8 Å². The van der Waals surface area contributed by atoms with Crippen molar-refractivity contribution >= 4 is 11.9 Å². The van der Waals surface area contributed by atoms with E-state index in [9.17, 15) is 9.59 Å². The van der Waals surface area contributed by atoms with Crippen molar-refractivity contribution in [1.82, 2.24) is 0 Å². The van der Waals surface area contributed by atoms with E-state index in [2.05, 4.69) is 0 Å². The van der Waals surface area contributed by atoms with Gasteiger partial charge in [0.1, 0.15) is 13.2 Å². The number of carbonyl (C=O) groups is 2. The molecule has 2 N–H and O–H groups in total. The summed E-state index contributed by atoms with van der Waals surface area (Å²) >= 11 is 0. The summed E-state index contributed by atoms with van der Waals surface area (Å²) in [7, 11) is 0. The molecule has 0 aliphatic carbocycles. The Morgan fingerprint density at radius 2 is 1.80 bits per heavy atom. The fraction of sp³-hybridized carbons (Fsp3) is 0.600. The van der Waals surface area contributed by atoms with Crippen LogP contribution in [0.15, 0.2) is 11.8 Å². The smallest absolute Gasteiger partial charge is 0.332 e. The number of carbonyl (C=O) groups excluding carboxylic acids is 2. The largest absolute Gasteiger partial charge is 0.462 e. The first-order valence-electron chi connectivity index (χ1n) is 4.70. The van der Waals surface area contributed by atoms with Crippen LogP contribution in [0.3, 0.4) is 0 Å². The van der Waals surface area contributed by atoms with E-state index in [1.54, 1.807) is 20.8 Å². The van der Waals surface area contributed by atoms with Crippen LogP contribution >= 0.6 is 0 Å². The highest BCUT2D eigenvalue weighted by molar-refractivity contribution is 5.82. The summed E-state index contributed by atoms with van der Waals surface area (Å²) in [6, 6.07) is 0. The van der Waals surface area contributed by atoms with E-state index < -0.39 is 5.97 Å². The zero-order valence-corrected chi connectivity index (χ0v) is 9.28. The predicted molar refractivity (Wildman–Crippen MR) is 54.7 cm³/mol. The van der Waals surface area contributed by atoms with Gasteiger partial charge in [0.15, 0.2) is 0 Å². The van der Waals surface area contributed by atoms with Crippen molar-refractivity contribution in [2.75, 3.05) is 13.2 Å². The van der Waals surface area contributed by atoms with Crippen molar-refractivity contribution in [2.24, 2.45) is 11.7 Å². The van der Waals surface area contributed by atoms with Gasteiger partial charge < -0.3 is 15.2 Å². The normalized spacial score (nSPS) is 11.3. The van der Waals surface area contributed by atoms with Gasteiger partial charge in [-0.15, -0.1) is 0 Å². The Hall–Kier alpha value is -1.52. The van der Waals surface area contributed by atoms with Crippen molar-refractivity contribution in [1.29, 1.82) is 0 Å². The number of nitrogens with two attached hydrogens (primary N) is 1. The molecule has 5 nitrogen and oxygen atoms in total. The SMILES string of the molecule is C/C(N)=C/C(=O)OCCOC(=O)C(C)C. The summed E-state index contributed by atoms with van der Waals surface area (Å²) in [6.45, 7) is 5.16. The topological polar surface area (TPSA) is 78.6 Å². The molecule has 0 aliphatic rings. The van der Waals surface area contributed by atoms with E-state index >= 15 is 0 Å². The van der Waals surface area contributed by atoms with Gasteiger partial charge in [0.25, 0.3) is 0 Å². The van der Waals surface area contributed by atoms with Crippen LogP contribution in [0.25, 0.3) is 0 Å². The van der Waals surface area contributed by atoms with E-state index in [0.717, 1.165) is 0 Å². The van der Waals surface area contributed by atoms with Gasteiger partial charge in [-0.3, -0.25) is 4.79 Å². The zero-order valence-electron chi connectivity index (χ0n) is 9.28. The number of esters is 2. The lowest BCUT2D eigenvalue weighted by atomic mass is 10.2. The van der Waals surface area contributed by atoms with Gasteiger partial charge in [-0.25, -0.2) is 4.79 Å². The lowest BCUT2D eigenvalue weighted by Crippen LogP contribution is -2.16. The summed E-state index contributed by atoms with van der Waals surface area (Å²) in [5.74, 6) is -1.01. The average molecular weight is 215 g/mol. The molecule has 0 rings (SSSR count). The molecular weight excluding hydrogens is 198 g/mol. The van der Waals surface area contributed by atoms with Crippen LogP contribution < -0.4 is 5.73 Å². The molecule has 0 aromatic heterocycles. The van der Waals surface area contributed by atoms with E-state index in [1.165, 1.54) is 6.08 Å². The lowest BCUT2D eigenvalue weighted by Gasteiger charge is -2.06. The molecule has 0 radical (unpaired) electrons. The molecule has 5 heteroatoms. The molecule has 0 unspecified atom stereocenters. The minimum absolute atomic E-state index is 0.0427. The molecule has 0 amide bonds. The first-order valence-corrected chi connectivity index (χ1v) is 4.70. The van der Waals surface area contributed by atoms with Crippen LogP contribution in [0.4, 0.5) is 0 Å². The van der Waals surface area contributed by atoms with E-state index in [4.69, 9.17) is 15.2 Å². The van der Waals surface area contributed by atoms with Crippen LogP contribution in [0.5, 0.6) is 0 Å². The highest BCUT2D eigenvalue weighted by atomic mass is 16.6. The van der Waals surface area contributed by atoms with E-state index in [1.807, 2.05) is 0 Å². The third-order valence-electron chi connectivity index (χ3n) is 1.39. The quantitative estimate of drug-likeness (QED) is 0.412. The maximum absolute atomic E-state index is 11.0. The molecule has 0 saturated carbocycles. The molecule has 0 fully saturated rings. The molecule has 0 aliphatic heterocycles. The second kappa shape index (κ2) is 6.86. The minimum atomic E-state index is -0.532. The molecule has 0 saturated heterocycles. The van der Waals surface area contributed by atoms with Crippen molar-refractivity contribution < 1.29 is 19.1 Å². The molecule has 86 valence electrons. The molecule has 0 atom stereocenters. The number of hydrogen-bond donors (Lipinski definition) is 1. The predicted octanol–water partition coefficient (Wildman–Crippen LogP) is 0.591. The van der Waals surface area contributed by atoms with Crippen LogP contribution in [0.1, 0.15) is 20.8 Å². The van der Waals surface area contributed by atoms with Gasteiger partial charge in [-0.05, 0) is 6.92 Å². The van der Waals surface area contributed by atoms with Crippen molar-refractivity contribution in [3.63, 3.8) is 0 Å². The summed E-state index contributed by atoms with van der Waals surface area (Å²) in [6.07, 6.45) is 1.17. The number of ether oxygens (including phenoxy) is 2. The summed E-state index contributed by atoms with van der Waals surface area (Å²) in [5.41, 5.74) is 5.63. The number of rotatable bonds is 5. The second-order valence-electron chi connectivity index (χ2n) is 3.38. The van der Waals surface area contributed by atoms with Gasteiger partial charge in [0.2, 0.25) is 0 Å². The third kappa shape index (κ3) is 7.54. The monoisotopic (exact) mass is 215 g/mol. The first kappa shape index (κ1) is 13.5. The zero-order chi connectivity index (χ0) is 11.8. The Balaban J connectivity index is 3.60. The summed E-state index contributed by atoms with van der Waals surface area (Å²) in [5, 5.41) is 0. The average Bonchev–Trinajstić information content (AvgIpc) is 2.10. The number of allylic oxidation sites excluding steroid dienone is 1. The Morgan fingerprint density at radius 3 is 2.27 bits per heavy atom. The Bertz CT molecular complexity index is 254. The van der Waals surface area contributed by atoms with Crippen LogP contribution in [-0.2, 0) is 19.1 Å². The first-order chi connectivity index (χ1) is 6.93. The van der Waals surface area contributed by atoms with Gasteiger partial charge in [0, 0.05) is 11.8 Å². The summed E-state index contributed by atoms with van der Waals surface area (Å²) < 4.78 is 9.50. The third-order valence-corrected chi connectivity index (χ3v) is 1.39. The minimum Gasteiger partial charge on any atom is -0.462 e. The fourth-order valence-corrected chi connectivity index (χ4v) is 0.679. The maximum Gasteiger partial charge on any atom is 0.332 e. The summed E-state index contributed by atoms with van der Waals surface area (Å²) in [4.78, 5) is 21.9. The number of hydrogen-bond acceptors (Lipinski definition) is 5. The van der Waals surface area contributed by atoms with E-state index in [0.29, 0.717) is 5.70 Å². The molecule has 0 bridgehead atoms. The maximum atomic E-state index is 11.0. The second-order valence-corrected chi connectivity index (χ2v) is 3.38. The molecule has 15 heavy (non-hydrogen) atoms. The molecule has 0 aromatic rings. The molecular formula is C10H17NO4. The molecule has 0 heterocycles. The fourth-order valence-electron chi connectivity index (χ4n) is 0.679. The molecule has 0 spiro atoms. The van der Waals surface area contributed by atoms with Gasteiger partial charge in [-0.2, -0.15) is 0 Å². The Kier molecular flexibility index (Phi) is 6.17. The van der Waals surface area contributed by atoms with Gasteiger partial charge in [-0.1, -0.05) is 13.8 Å². The highest BCUT2D eigenvalue weighted by Gasteiger charge is 2.07. The highest BCUT2D eigenvalue weighted by Crippen LogP contribution is 1.95. The Morgan fingerprint density at radius 1 is 1.27 bits per heavy atom. The van der Waals surface area contributed by atoms with Gasteiger partial charge >= 0.3 is 11.9 Å².